The summed E-state index contributed by atoms with van der Waals surface area (Å²) >= 11 is 0. The third-order valence-corrected chi connectivity index (χ3v) is 2.87. The smallest absolute Gasteiger partial charge is 0.253 e. The van der Waals surface area contributed by atoms with E-state index in [9.17, 15) is 4.79 Å². The van der Waals surface area contributed by atoms with E-state index in [2.05, 4.69) is 20.5 Å². The number of anilines is 1. The predicted molar refractivity (Wildman–Crippen MR) is 74.4 cm³/mol. The molecule has 1 aromatic carbocycles. The lowest BCUT2D eigenvalue weighted by molar-refractivity contribution is 0.0954. The Bertz CT molecular complexity index is 568. The van der Waals surface area contributed by atoms with E-state index in [0.29, 0.717) is 23.5 Å². The van der Waals surface area contributed by atoms with Crippen LogP contribution in [0.5, 0.6) is 5.75 Å². The number of hydrogen-bond acceptors (Lipinski definition) is 5. The standard InChI is InChI=1S/C13H17N5O2/c1-20-10-5-2-4-9(12(10)14)13(19)15-7-3-6-11-16-8-17-18-11/h2,4-5,8H,3,6-7,14H2,1H3,(H,15,19)(H,16,17,18). The number of nitrogen functional groups attached to an aromatic ring is 1. The van der Waals surface area contributed by atoms with E-state index >= 15 is 0 Å². The molecule has 0 spiro atoms. The number of aromatic amines is 1. The summed E-state index contributed by atoms with van der Waals surface area (Å²) in [4.78, 5) is 16.0. The number of para-hydroxylation sites is 1. The van der Waals surface area contributed by atoms with Crippen molar-refractivity contribution in [3.63, 3.8) is 0 Å². The van der Waals surface area contributed by atoms with Crippen LogP contribution in [-0.4, -0.2) is 34.7 Å². The molecular weight excluding hydrogens is 258 g/mol. The molecule has 2 aromatic rings. The van der Waals surface area contributed by atoms with Gasteiger partial charge in [-0.15, -0.1) is 0 Å². The van der Waals surface area contributed by atoms with Gasteiger partial charge in [-0.05, 0) is 18.6 Å². The zero-order valence-corrected chi connectivity index (χ0v) is 11.2. The normalized spacial score (nSPS) is 10.2. The summed E-state index contributed by atoms with van der Waals surface area (Å²) in [5.41, 5.74) is 6.64. The Kier molecular flexibility index (Phi) is 4.54. The van der Waals surface area contributed by atoms with Crippen molar-refractivity contribution in [2.45, 2.75) is 12.8 Å². The van der Waals surface area contributed by atoms with Gasteiger partial charge in [0.2, 0.25) is 0 Å². The number of carbonyl (C=O) groups excluding carboxylic acids is 1. The van der Waals surface area contributed by atoms with E-state index in [1.807, 2.05) is 0 Å². The van der Waals surface area contributed by atoms with Crippen LogP contribution in [0.25, 0.3) is 0 Å². The van der Waals surface area contributed by atoms with Crippen LogP contribution in [-0.2, 0) is 6.42 Å². The van der Waals surface area contributed by atoms with E-state index in [-0.39, 0.29) is 5.91 Å². The number of aryl methyl sites for hydroxylation is 1. The highest BCUT2D eigenvalue weighted by molar-refractivity contribution is 6.00. The van der Waals surface area contributed by atoms with Gasteiger partial charge in [0.05, 0.1) is 18.4 Å². The van der Waals surface area contributed by atoms with Crippen LogP contribution in [0, 0.1) is 0 Å². The van der Waals surface area contributed by atoms with Crippen molar-refractivity contribution in [2.24, 2.45) is 0 Å². The summed E-state index contributed by atoms with van der Waals surface area (Å²) in [6.07, 6.45) is 2.96. The molecule has 0 fully saturated rings. The lowest BCUT2D eigenvalue weighted by Crippen LogP contribution is -2.25. The second-order valence-corrected chi connectivity index (χ2v) is 4.21. The molecule has 0 bridgehead atoms. The number of amides is 1. The molecule has 1 amide bonds. The molecule has 1 heterocycles. The Labute approximate surface area is 116 Å². The van der Waals surface area contributed by atoms with Gasteiger partial charge in [-0.2, -0.15) is 5.10 Å². The average Bonchev–Trinajstić information content (AvgIpc) is 2.97. The van der Waals surface area contributed by atoms with Crippen molar-refractivity contribution in [1.29, 1.82) is 0 Å². The molecular formula is C13H17N5O2. The molecule has 106 valence electrons. The van der Waals surface area contributed by atoms with Crippen LogP contribution in [0.1, 0.15) is 22.6 Å². The Morgan fingerprint density at radius 1 is 1.50 bits per heavy atom. The van der Waals surface area contributed by atoms with Crippen molar-refractivity contribution in [3.8, 4) is 5.75 Å². The number of benzene rings is 1. The first kappa shape index (κ1) is 13.9. The highest BCUT2D eigenvalue weighted by Crippen LogP contribution is 2.24. The number of nitrogens with two attached hydrogens (primary N) is 1. The zero-order valence-electron chi connectivity index (χ0n) is 11.2. The summed E-state index contributed by atoms with van der Waals surface area (Å²) in [5.74, 6) is 1.10. The molecule has 20 heavy (non-hydrogen) atoms. The van der Waals surface area contributed by atoms with E-state index in [1.165, 1.54) is 13.4 Å². The summed E-state index contributed by atoms with van der Waals surface area (Å²) in [5, 5.41) is 9.35. The topological polar surface area (TPSA) is 106 Å². The predicted octanol–water partition coefficient (Wildman–Crippen LogP) is 0.758. The molecule has 1 aromatic heterocycles. The quantitative estimate of drug-likeness (QED) is 0.533. The number of aromatic nitrogens is 3. The molecule has 0 saturated carbocycles. The first-order valence-electron chi connectivity index (χ1n) is 6.27. The highest BCUT2D eigenvalue weighted by Gasteiger charge is 2.12. The monoisotopic (exact) mass is 275 g/mol. The van der Waals surface area contributed by atoms with Crippen LogP contribution in [0.15, 0.2) is 24.5 Å². The molecule has 0 aliphatic heterocycles. The fourth-order valence-electron chi connectivity index (χ4n) is 1.82. The summed E-state index contributed by atoms with van der Waals surface area (Å²) in [7, 11) is 1.52. The minimum atomic E-state index is -0.209. The third-order valence-electron chi connectivity index (χ3n) is 2.87. The number of hydrogen-bond donors (Lipinski definition) is 3. The molecule has 0 aliphatic carbocycles. The highest BCUT2D eigenvalue weighted by atomic mass is 16.5. The number of nitrogens with one attached hydrogen (secondary N) is 2. The summed E-state index contributed by atoms with van der Waals surface area (Å²) in [6.45, 7) is 0.538. The number of nitrogens with zero attached hydrogens (tertiary/aromatic N) is 2. The Hall–Kier alpha value is -2.57. The molecule has 0 unspecified atom stereocenters. The number of carbonyl (C=O) groups is 1. The van der Waals surface area contributed by atoms with Gasteiger partial charge in [0.25, 0.3) is 5.91 Å². The van der Waals surface area contributed by atoms with Crippen molar-refractivity contribution in [3.05, 3.63) is 35.9 Å². The lowest BCUT2D eigenvalue weighted by Gasteiger charge is -2.10. The molecule has 0 atom stereocenters. The van der Waals surface area contributed by atoms with E-state index in [4.69, 9.17) is 10.5 Å². The first-order chi connectivity index (χ1) is 9.72. The second kappa shape index (κ2) is 6.55. The molecule has 0 radical (unpaired) electrons. The maximum Gasteiger partial charge on any atom is 0.253 e. The van der Waals surface area contributed by atoms with Crippen LogP contribution in [0.3, 0.4) is 0 Å². The minimum Gasteiger partial charge on any atom is -0.495 e. The van der Waals surface area contributed by atoms with Gasteiger partial charge in [0, 0.05) is 13.0 Å². The van der Waals surface area contributed by atoms with Gasteiger partial charge in [-0.1, -0.05) is 6.07 Å². The molecule has 0 saturated heterocycles. The summed E-state index contributed by atoms with van der Waals surface area (Å²) < 4.78 is 5.09. The fourth-order valence-corrected chi connectivity index (χ4v) is 1.82. The molecule has 2 rings (SSSR count). The molecule has 4 N–H and O–H groups in total. The van der Waals surface area contributed by atoms with Gasteiger partial charge in [0.1, 0.15) is 17.9 Å². The SMILES string of the molecule is COc1cccc(C(=O)NCCCc2ncn[nH]2)c1N. The van der Waals surface area contributed by atoms with Gasteiger partial charge in [-0.3, -0.25) is 9.89 Å². The first-order valence-corrected chi connectivity index (χ1v) is 6.27. The Balaban J connectivity index is 1.86. The van der Waals surface area contributed by atoms with Crippen molar-refractivity contribution >= 4 is 11.6 Å². The van der Waals surface area contributed by atoms with Crippen LogP contribution in [0.4, 0.5) is 5.69 Å². The minimum absolute atomic E-state index is 0.209. The average molecular weight is 275 g/mol. The lowest BCUT2D eigenvalue weighted by atomic mass is 10.1. The maximum absolute atomic E-state index is 12.0. The number of H-pyrrole nitrogens is 1. The van der Waals surface area contributed by atoms with Gasteiger partial charge in [-0.25, -0.2) is 4.98 Å². The van der Waals surface area contributed by atoms with Crippen molar-refractivity contribution < 1.29 is 9.53 Å². The van der Waals surface area contributed by atoms with Crippen LogP contribution in [0.2, 0.25) is 0 Å². The van der Waals surface area contributed by atoms with Gasteiger partial charge in [0.15, 0.2) is 0 Å². The van der Waals surface area contributed by atoms with Crippen molar-refractivity contribution in [1.82, 2.24) is 20.5 Å². The maximum atomic E-state index is 12.0. The Morgan fingerprint density at radius 2 is 2.35 bits per heavy atom. The van der Waals surface area contributed by atoms with Gasteiger partial charge < -0.3 is 15.8 Å². The third kappa shape index (κ3) is 3.25. The van der Waals surface area contributed by atoms with Crippen molar-refractivity contribution in [2.75, 3.05) is 19.4 Å². The number of rotatable bonds is 6. The fraction of sp³-hybridized carbons (Fsp3) is 0.308. The van der Waals surface area contributed by atoms with E-state index in [1.54, 1.807) is 18.2 Å². The largest absolute Gasteiger partial charge is 0.495 e. The van der Waals surface area contributed by atoms with E-state index < -0.39 is 0 Å². The Morgan fingerprint density at radius 3 is 3.05 bits per heavy atom. The molecule has 7 heteroatoms. The second-order valence-electron chi connectivity index (χ2n) is 4.21. The van der Waals surface area contributed by atoms with Crippen LogP contribution < -0.4 is 15.8 Å². The number of methoxy groups -OCH3 is 1. The zero-order chi connectivity index (χ0) is 14.4. The molecule has 0 aliphatic rings. The summed E-state index contributed by atoms with van der Waals surface area (Å²) in [6, 6.07) is 5.12. The molecule has 7 nitrogen and oxygen atoms in total. The van der Waals surface area contributed by atoms with Crippen LogP contribution >= 0.6 is 0 Å². The van der Waals surface area contributed by atoms with E-state index in [0.717, 1.165) is 18.7 Å². The number of ether oxygens (including phenoxy) is 1. The van der Waals surface area contributed by atoms with Gasteiger partial charge >= 0.3 is 0 Å².